The minimum Gasteiger partial charge on any atom is -0.473 e. The number of aryl methyl sites for hydroxylation is 2. The first-order valence-electron chi connectivity index (χ1n) is 6.93. The van der Waals surface area contributed by atoms with E-state index < -0.39 is 0 Å². The van der Waals surface area contributed by atoms with Crippen LogP contribution in [0.15, 0.2) is 35.3 Å². The van der Waals surface area contributed by atoms with Gasteiger partial charge in [-0.2, -0.15) is 14.5 Å². The Morgan fingerprint density at radius 1 is 1.27 bits per heavy atom. The zero-order chi connectivity index (χ0) is 15.5. The first-order valence-corrected chi connectivity index (χ1v) is 6.93. The molecule has 0 saturated heterocycles. The number of ether oxygens (including phenoxy) is 1. The van der Waals surface area contributed by atoms with E-state index >= 15 is 0 Å². The number of benzene rings is 1. The smallest absolute Gasteiger partial charge is 0.368 e. The average molecular weight is 300 g/mol. The second-order valence-corrected chi connectivity index (χ2v) is 4.77. The largest absolute Gasteiger partial charge is 0.473 e. The molecule has 0 aliphatic carbocycles. The fraction of sp³-hybridized carbons (Fsp3) is 0.286. The molecule has 0 radical (unpaired) electrons. The fourth-order valence-electron chi connectivity index (χ4n) is 2.26. The predicted molar refractivity (Wildman–Crippen MR) is 78.9 cm³/mol. The summed E-state index contributed by atoms with van der Waals surface area (Å²) < 4.78 is 8.17. The number of tetrazole rings is 1. The predicted octanol–water partition coefficient (Wildman–Crippen LogP) is 0.830. The maximum Gasteiger partial charge on any atom is 0.368 e. The van der Waals surface area contributed by atoms with Gasteiger partial charge in [-0.15, -0.1) is 0 Å². The van der Waals surface area contributed by atoms with E-state index in [0.29, 0.717) is 18.2 Å². The molecule has 22 heavy (non-hydrogen) atoms. The Hall–Kier alpha value is -2.90. The second-order valence-electron chi connectivity index (χ2n) is 4.77. The molecule has 0 amide bonds. The second kappa shape index (κ2) is 5.84. The maximum absolute atomic E-state index is 12.1. The Kier molecular flexibility index (Phi) is 3.73. The van der Waals surface area contributed by atoms with Gasteiger partial charge in [-0.1, -0.05) is 19.1 Å². The number of hydrogen-bond acceptors (Lipinski definition) is 5. The van der Waals surface area contributed by atoms with Gasteiger partial charge in [-0.25, -0.2) is 9.89 Å². The third-order valence-corrected chi connectivity index (χ3v) is 3.43. The molecule has 8 nitrogen and oxygen atoms in total. The fourth-order valence-corrected chi connectivity index (χ4v) is 2.26. The van der Waals surface area contributed by atoms with E-state index in [2.05, 4.69) is 27.5 Å². The number of hydrogen-bond donors (Lipinski definition) is 1. The van der Waals surface area contributed by atoms with Crippen LogP contribution in [0.1, 0.15) is 18.1 Å². The van der Waals surface area contributed by atoms with Gasteiger partial charge in [0.05, 0.1) is 11.9 Å². The standard InChI is InChI=1S/C14H16N6O2/c1-3-10-5-4-6-12(20-14(21)19(2)17-18-20)11(10)9-22-13-7-8-15-16-13/h4-8H,3,9H2,1-2H3,(H,15,16). The third kappa shape index (κ3) is 2.50. The number of nitrogens with zero attached hydrogens (tertiary/aromatic N) is 5. The SMILES string of the molecule is CCc1cccc(-n2nnn(C)c2=O)c1COc1ccn[nH]1. The first kappa shape index (κ1) is 14.1. The molecule has 0 aliphatic rings. The van der Waals surface area contributed by atoms with Gasteiger partial charge >= 0.3 is 5.69 Å². The van der Waals surface area contributed by atoms with Crippen LogP contribution in [0.5, 0.6) is 5.88 Å². The van der Waals surface area contributed by atoms with Gasteiger partial charge in [0.25, 0.3) is 0 Å². The Bertz CT molecular complexity index is 818. The van der Waals surface area contributed by atoms with Crippen LogP contribution in [-0.4, -0.2) is 30.0 Å². The van der Waals surface area contributed by atoms with Gasteiger partial charge in [0.1, 0.15) is 6.61 Å². The molecule has 0 unspecified atom stereocenters. The number of aromatic amines is 1. The van der Waals surface area contributed by atoms with Gasteiger partial charge < -0.3 is 4.74 Å². The summed E-state index contributed by atoms with van der Waals surface area (Å²) in [4.78, 5) is 12.1. The van der Waals surface area contributed by atoms with Crippen LogP contribution in [0.4, 0.5) is 0 Å². The number of rotatable bonds is 5. The van der Waals surface area contributed by atoms with Crippen LogP contribution in [0.3, 0.4) is 0 Å². The maximum atomic E-state index is 12.1. The van der Waals surface area contributed by atoms with E-state index in [-0.39, 0.29) is 5.69 Å². The summed E-state index contributed by atoms with van der Waals surface area (Å²) in [6, 6.07) is 7.48. The van der Waals surface area contributed by atoms with Gasteiger partial charge in [0.2, 0.25) is 5.88 Å². The molecule has 3 rings (SSSR count). The number of H-pyrrole nitrogens is 1. The molecule has 1 aromatic carbocycles. The van der Waals surface area contributed by atoms with E-state index in [1.807, 2.05) is 18.2 Å². The van der Waals surface area contributed by atoms with Crippen molar-refractivity contribution in [2.45, 2.75) is 20.0 Å². The minimum atomic E-state index is -0.295. The summed E-state index contributed by atoms with van der Waals surface area (Å²) >= 11 is 0. The zero-order valence-corrected chi connectivity index (χ0v) is 12.4. The van der Waals surface area contributed by atoms with Crippen molar-refractivity contribution < 1.29 is 4.74 Å². The van der Waals surface area contributed by atoms with E-state index in [1.54, 1.807) is 19.3 Å². The van der Waals surface area contributed by atoms with Gasteiger partial charge in [0, 0.05) is 18.7 Å². The highest BCUT2D eigenvalue weighted by Crippen LogP contribution is 2.20. The molecular weight excluding hydrogens is 284 g/mol. The molecular formula is C14H16N6O2. The highest BCUT2D eigenvalue weighted by molar-refractivity contribution is 5.45. The van der Waals surface area contributed by atoms with Gasteiger partial charge in [-0.05, 0) is 28.5 Å². The Morgan fingerprint density at radius 2 is 2.14 bits per heavy atom. The van der Waals surface area contributed by atoms with E-state index in [0.717, 1.165) is 17.5 Å². The molecule has 0 spiro atoms. The van der Waals surface area contributed by atoms with Crippen LogP contribution in [0.2, 0.25) is 0 Å². The monoisotopic (exact) mass is 300 g/mol. The van der Waals surface area contributed by atoms with Gasteiger partial charge in [0.15, 0.2) is 0 Å². The summed E-state index contributed by atoms with van der Waals surface area (Å²) in [5, 5.41) is 14.3. The van der Waals surface area contributed by atoms with Crippen LogP contribution >= 0.6 is 0 Å². The van der Waals surface area contributed by atoms with Crippen molar-refractivity contribution in [1.82, 2.24) is 30.0 Å². The summed E-state index contributed by atoms with van der Waals surface area (Å²) in [7, 11) is 1.57. The summed E-state index contributed by atoms with van der Waals surface area (Å²) in [6.45, 7) is 2.36. The van der Waals surface area contributed by atoms with Crippen molar-refractivity contribution >= 4 is 0 Å². The molecule has 2 aromatic heterocycles. The molecule has 0 bridgehead atoms. The zero-order valence-electron chi connectivity index (χ0n) is 12.4. The van der Waals surface area contributed by atoms with Crippen LogP contribution < -0.4 is 10.4 Å². The van der Waals surface area contributed by atoms with Crippen molar-refractivity contribution in [2.24, 2.45) is 7.05 Å². The lowest BCUT2D eigenvalue weighted by molar-refractivity contribution is 0.291. The lowest BCUT2D eigenvalue weighted by atomic mass is 10.0. The van der Waals surface area contributed by atoms with Crippen molar-refractivity contribution in [1.29, 1.82) is 0 Å². The summed E-state index contributed by atoms with van der Waals surface area (Å²) in [5.41, 5.74) is 2.38. The molecule has 3 aromatic rings. The third-order valence-electron chi connectivity index (χ3n) is 3.43. The molecule has 114 valence electrons. The van der Waals surface area contributed by atoms with Crippen molar-refractivity contribution in [3.63, 3.8) is 0 Å². The normalized spacial score (nSPS) is 10.8. The molecule has 0 aliphatic heterocycles. The van der Waals surface area contributed by atoms with Gasteiger partial charge in [-0.3, -0.25) is 0 Å². The molecule has 8 heteroatoms. The number of nitrogens with one attached hydrogen (secondary N) is 1. The van der Waals surface area contributed by atoms with Crippen LogP contribution in [0, 0.1) is 0 Å². The molecule has 0 atom stereocenters. The Balaban J connectivity index is 2.02. The van der Waals surface area contributed by atoms with E-state index in [9.17, 15) is 4.79 Å². The Labute approximate surface area is 126 Å². The molecule has 0 fully saturated rings. The average Bonchev–Trinajstić information content (AvgIpc) is 3.16. The van der Waals surface area contributed by atoms with Crippen molar-refractivity contribution in [3.8, 4) is 11.6 Å². The van der Waals surface area contributed by atoms with Crippen LogP contribution in [-0.2, 0) is 20.1 Å². The molecule has 0 saturated carbocycles. The lowest BCUT2D eigenvalue weighted by Gasteiger charge is -2.13. The quantitative estimate of drug-likeness (QED) is 0.753. The van der Waals surface area contributed by atoms with Crippen LogP contribution in [0.25, 0.3) is 5.69 Å². The van der Waals surface area contributed by atoms with E-state index in [1.165, 1.54) is 9.36 Å². The summed E-state index contributed by atoms with van der Waals surface area (Å²) in [6.07, 6.45) is 2.44. The summed E-state index contributed by atoms with van der Waals surface area (Å²) in [5.74, 6) is 0.573. The minimum absolute atomic E-state index is 0.295. The number of aromatic nitrogens is 6. The highest BCUT2D eigenvalue weighted by Gasteiger charge is 2.14. The van der Waals surface area contributed by atoms with Crippen molar-refractivity contribution in [2.75, 3.05) is 0 Å². The van der Waals surface area contributed by atoms with E-state index in [4.69, 9.17) is 4.74 Å². The molecule has 1 N–H and O–H groups in total. The lowest BCUT2D eigenvalue weighted by Crippen LogP contribution is -2.23. The first-order chi connectivity index (χ1) is 10.7. The van der Waals surface area contributed by atoms with Crippen molar-refractivity contribution in [3.05, 3.63) is 52.1 Å². The highest BCUT2D eigenvalue weighted by atomic mass is 16.5. The molecule has 2 heterocycles. The Morgan fingerprint density at radius 3 is 2.77 bits per heavy atom. The topological polar surface area (TPSA) is 90.6 Å².